The van der Waals surface area contributed by atoms with Gasteiger partial charge < -0.3 is 5.32 Å². The maximum Gasteiger partial charge on any atom is 0.218 e. The monoisotopic (exact) mass is 385 g/mol. The average Bonchev–Trinajstić information content (AvgIpc) is 3.08. The number of para-hydroxylation sites is 2. The average molecular weight is 385 g/mol. The van der Waals surface area contributed by atoms with Gasteiger partial charge in [-0.25, -0.2) is 13.4 Å². The van der Waals surface area contributed by atoms with E-state index in [1.165, 1.54) is 12.1 Å². The van der Waals surface area contributed by atoms with E-state index >= 15 is 0 Å². The molecule has 0 amide bonds. The Morgan fingerprint density at radius 3 is 2.14 bits per heavy atom. The summed E-state index contributed by atoms with van der Waals surface area (Å²) in [7, 11) is -4.00. The van der Waals surface area contributed by atoms with Gasteiger partial charge in [-0.05, 0) is 30.3 Å². The highest BCUT2D eigenvalue weighted by molar-refractivity contribution is 7.95. The van der Waals surface area contributed by atoms with Gasteiger partial charge in [0.1, 0.15) is 6.07 Å². The van der Waals surface area contributed by atoms with Crippen molar-refractivity contribution in [3.05, 3.63) is 101 Å². The maximum absolute atomic E-state index is 13.1. The number of allylic oxidation sites excluding steroid dienone is 2. The highest BCUT2D eigenvalue weighted by Gasteiger charge is 2.32. The molecule has 0 saturated heterocycles. The van der Waals surface area contributed by atoms with E-state index in [1.54, 1.807) is 18.2 Å². The van der Waals surface area contributed by atoms with Crippen LogP contribution in [-0.2, 0) is 9.84 Å². The quantitative estimate of drug-likeness (QED) is 0.676. The van der Waals surface area contributed by atoms with E-state index in [0.29, 0.717) is 17.1 Å². The molecular weight excluding hydrogens is 370 g/mol. The van der Waals surface area contributed by atoms with Gasteiger partial charge in [-0.3, -0.25) is 0 Å². The van der Waals surface area contributed by atoms with Crippen molar-refractivity contribution >= 4 is 26.9 Å². The van der Waals surface area contributed by atoms with Gasteiger partial charge in [0.15, 0.2) is 4.91 Å². The van der Waals surface area contributed by atoms with E-state index in [-0.39, 0.29) is 15.5 Å². The van der Waals surface area contributed by atoms with E-state index in [9.17, 15) is 13.7 Å². The topological polar surface area (TPSA) is 82.3 Å². The van der Waals surface area contributed by atoms with Gasteiger partial charge in [0.05, 0.1) is 22.0 Å². The molecule has 4 rings (SSSR count). The summed E-state index contributed by atoms with van der Waals surface area (Å²) in [4.78, 5) is 4.35. The molecule has 0 spiro atoms. The summed E-state index contributed by atoms with van der Waals surface area (Å²) in [5, 5.41) is 12.8. The molecule has 0 bridgehead atoms. The Bertz CT molecular complexity index is 1240. The normalized spacial score (nSPS) is 16.2. The number of hydrogen-bond donors (Lipinski definition) is 1. The number of anilines is 1. The highest BCUT2D eigenvalue weighted by atomic mass is 32.2. The van der Waals surface area contributed by atoms with Gasteiger partial charge in [0.2, 0.25) is 9.84 Å². The molecule has 3 aromatic rings. The fraction of sp³-hybridized carbons (Fsp3) is 0. The second kappa shape index (κ2) is 7.14. The Morgan fingerprint density at radius 1 is 0.857 bits per heavy atom. The SMILES string of the molecule is N#C/C(=C1/Nc2ccccc2C1=Nc1ccccc1)S(=O)(=O)c1ccccc1. The van der Waals surface area contributed by atoms with Crippen LogP contribution in [0.1, 0.15) is 5.56 Å². The minimum Gasteiger partial charge on any atom is -0.352 e. The summed E-state index contributed by atoms with van der Waals surface area (Å²) < 4.78 is 26.2. The molecule has 1 aliphatic heterocycles. The summed E-state index contributed by atoms with van der Waals surface area (Å²) in [6, 6.07) is 26.4. The zero-order valence-electron chi connectivity index (χ0n) is 14.7. The first-order valence-electron chi connectivity index (χ1n) is 8.56. The number of nitriles is 1. The number of rotatable bonds is 3. The van der Waals surface area contributed by atoms with Crippen molar-refractivity contribution in [2.24, 2.45) is 4.99 Å². The molecule has 28 heavy (non-hydrogen) atoms. The van der Waals surface area contributed by atoms with Gasteiger partial charge in [0, 0.05) is 11.3 Å². The van der Waals surface area contributed by atoms with Crippen LogP contribution in [0.3, 0.4) is 0 Å². The summed E-state index contributed by atoms with van der Waals surface area (Å²) in [6.45, 7) is 0. The van der Waals surface area contributed by atoms with Gasteiger partial charge in [-0.2, -0.15) is 5.26 Å². The van der Waals surface area contributed by atoms with Crippen molar-refractivity contribution in [3.8, 4) is 6.07 Å². The largest absolute Gasteiger partial charge is 0.352 e. The van der Waals surface area contributed by atoms with Crippen LogP contribution in [0.25, 0.3) is 0 Å². The second-order valence-corrected chi connectivity index (χ2v) is 7.99. The van der Waals surface area contributed by atoms with Gasteiger partial charge in [-0.15, -0.1) is 0 Å². The fourth-order valence-corrected chi connectivity index (χ4v) is 4.29. The first-order chi connectivity index (χ1) is 13.6. The molecule has 1 aliphatic rings. The highest BCUT2D eigenvalue weighted by Crippen LogP contribution is 2.34. The zero-order chi connectivity index (χ0) is 19.6. The van der Waals surface area contributed by atoms with Gasteiger partial charge in [0.25, 0.3) is 0 Å². The van der Waals surface area contributed by atoms with E-state index in [1.807, 2.05) is 60.7 Å². The predicted molar refractivity (Wildman–Crippen MR) is 109 cm³/mol. The number of sulfone groups is 1. The minimum absolute atomic E-state index is 0.0656. The summed E-state index contributed by atoms with van der Waals surface area (Å²) in [5.41, 5.74) is 2.75. The number of fused-ring (bicyclic) bond motifs is 1. The smallest absolute Gasteiger partial charge is 0.218 e. The Hall–Kier alpha value is -3.69. The Balaban J connectivity index is 1.97. The van der Waals surface area contributed by atoms with Crippen molar-refractivity contribution in [1.29, 1.82) is 5.26 Å². The molecule has 3 aromatic carbocycles. The third kappa shape index (κ3) is 3.08. The molecule has 0 fully saturated rings. The standard InChI is InChI=1S/C22H15N3O2S/c23-15-20(28(26,27)17-11-5-2-6-12-17)22-21(24-16-9-3-1-4-10-16)18-13-7-8-14-19(18)25-22/h1-14,25H/b22-20-,24-21?. The van der Waals surface area contributed by atoms with Crippen LogP contribution in [0.5, 0.6) is 0 Å². The zero-order valence-corrected chi connectivity index (χ0v) is 15.5. The van der Waals surface area contributed by atoms with Crippen molar-refractivity contribution in [3.63, 3.8) is 0 Å². The van der Waals surface area contributed by atoms with Gasteiger partial charge in [-0.1, -0.05) is 54.6 Å². The number of nitrogens with one attached hydrogen (secondary N) is 1. The third-order valence-electron chi connectivity index (χ3n) is 4.33. The Morgan fingerprint density at radius 2 is 1.46 bits per heavy atom. The van der Waals surface area contributed by atoms with Crippen LogP contribution in [0, 0.1) is 11.3 Å². The second-order valence-electron chi connectivity index (χ2n) is 6.10. The Kier molecular flexibility index (Phi) is 4.52. The summed E-state index contributed by atoms with van der Waals surface area (Å²) in [6.07, 6.45) is 0. The number of hydrogen-bond acceptors (Lipinski definition) is 5. The van der Waals surface area contributed by atoms with Crippen LogP contribution >= 0.6 is 0 Å². The Labute approximate surface area is 163 Å². The molecule has 5 nitrogen and oxygen atoms in total. The lowest BCUT2D eigenvalue weighted by molar-refractivity contribution is 0.603. The number of benzene rings is 3. The van der Waals surface area contributed by atoms with Crippen molar-refractivity contribution in [2.75, 3.05) is 5.32 Å². The van der Waals surface area contributed by atoms with E-state index < -0.39 is 9.84 Å². The molecule has 136 valence electrons. The molecule has 1 heterocycles. The van der Waals surface area contributed by atoms with E-state index in [2.05, 4.69) is 10.3 Å². The van der Waals surface area contributed by atoms with Crippen molar-refractivity contribution in [2.45, 2.75) is 4.90 Å². The molecule has 0 saturated carbocycles. The molecule has 0 aromatic heterocycles. The molecule has 1 N–H and O–H groups in total. The number of aliphatic imine (C=N–C) groups is 1. The van der Waals surface area contributed by atoms with Crippen LogP contribution in [-0.4, -0.2) is 14.1 Å². The van der Waals surface area contributed by atoms with Crippen molar-refractivity contribution < 1.29 is 8.42 Å². The van der Waals surface area contributed by atoms with Crippen LogP contribution < -0.4 is 5.32 Å². The molecular formula is C22H15N3O2S. The lowest BCUT2D eigenvalue weighted by Crippen LogP contribution is -2.13. The number of nitrogens with zero attached hydrogens (tertiary/aromatic N) is 2. The molecule has 6 heteroatoms. The molecule has 0 atom stereocenters. The summed E-state index contributed by atoms with van der Waals surface area (Å²) in [5.74, 6) is 0. The van der Waals surface area contributed by atoms with E-state index in [4.69, 9.17) is 0 Å². The van der Waals surface area contributed by atoms with Crippen LogP contribution in [0.2, 0.25) is 0 Å². The van der Waals surface area contributed by atoms with Crippen molar-refractivity contribution in [1.82, 2.24) is 0 Å². The lowest BCUT2D eigenvalue weighted by atomic mass is 10.1. The fourth-order valence-electron chi connectivity index (χ4n) is 3.01. The predicted octanol–water partition coefficient (Wildman–Crippen LogP) is 4.44. The molecule has 0 unspecified atom stereocenters. The van der Waals surface area contributed by atoms with Gasteiger partial charge >= 0.3 is 0 Å². The van der Waals surface area contributed by atoms with Crippen LogP contribution in [0.4, 0.5) is 11.4 Å². The lowest BCUT2D eigenvalue weighted by Gasteiger charge is -2.08. The summed E-state index contributed by atoms with van der Waals surface area (Å²) >= 11 is 0. The third-order valence-corrected chi connectivity index (χ3v) is 6.05. The van der Waals surface area contributed by atoms with Crippen LogP contribution in [0.15, 0.2) is 105 Å². The van der Waals surface area contributed by atoms with E-state index in [0.717, 1.165) is 5.56 Å². The molecule has 0 aliphatic carbocycles. The maximum atomic E-state index is 13.1. The first kappa shape index (κ1) is 17.7. The molecule has 0 radical (unpaired) electrons. The first-order valence-corrected chi connectivity index (χ1v) is 10.0. The minimum atomic E-state index is -4.00.